The predicted octanol–water partition coefficient (Wildman–Crippen LogP) is 1.68. The maximum Gasteiger partial charge on any atom is 0.118 e. The number of nitrogens with one attached hydrogen (secondary N) is 1. The molecule has 0 bridgehead atoms. The molecule has 3 N–H and O–H groups in total. The lowest BCUT2D eigenvalue weighted by Gasteiger charge is -2.15. The van der Waals surface area contributed by atoms with Crippen LogP contribution in [0.15, 0.2) is 17.0 Å². The van der Waals surface area contributed by atoms with E-state index in [1.165, 1.54) is 0 Å². The van der Waals surface area contributed by atoms with Crippen LogP contribution in [0.2, 0.25) is 0 Å². The van der Waals surface area contributed by atoms with Crippen LogP contribution in [0.25, 0.3) is 0 Å². The number of thioether (sulfide) groups is 1. The van der Waals surface area contributed by atoms with Crippen LogP contribution >= 0.6 is 11.8 Å². The standard InChI is InChI=1S/C11H17NO2S/c1-7-4-11(15-3)8(5-9(7)13)10(14)6-12-2/h4-5,10,12-14H,6H2,1-3H3. The van der Waals surface area contributed by atoms with Crippen LogP contribution in [0.1, 0.15) is 17.2 Å². The van der Waals surface area contributed by atoms with Crippen LogP contribution in [0, 0.1) is 6.92 Å². The second-order valence-corrected chi connectivity index (χ2v) is 4.30. The zero-order valence-corrected chi connectivity index (χ0v) is 10.1. The highest BCUT2D eigenvalue weighted by atomic mass is 32.2. The maximum atomic E-state index is 9.86. The number of hydrogen-bond donors (Lipinski definition) is 3. The Hall–Kier alpha value is -0.710. The molecule has 0 aliphatic heterocycles. The van der Waals surface area contributed by atoms with Crippen LogP contribution in [0.4, 0.5) is 0 Å². The second-order valence-electron chi connectivity index (χ2n) is 3.45. The van der Waals surface area contributed by atoms with Gasteiger partial charge in [-0.15, -0.1) is 11.8 Å². The zero-order valence-electron chi connectivity index (χ0n) is 9.24. The van der Waals surface area contributed by atoms with Gasteiger partial charge in [-0.1, -0.05) is 0 Å². The highest BCUT2D eigenvalue weighted by molar-refractivity contribution is 7.98. The molecule has 0 aliphatic carbocycles. The van der Waals surface area contributed by atoms with Crippen molar-refractivity contribution in [3.8, 4) is 5.75 Å². The van der Waals surface area contributed by atoms with Crippen LogP contribution < -0.4 is 5.32 Å². The minimum absolute atomic E-state index is 0.234. The molecule has 15 heavy (non-hydrogen) atoms. The van der Waals surface area contributed by atoms with Crippen molar-refractivity contribution < 1.29 is 10.2 Å². The van der Waals surface area contributed by atoms with Crippen LogP contribution in [0.3, 0.4) is 0 Å². The molecule has 1 rings (SSSR count). The van der Waals surface area contributed by atoms with Gasteiger partial charge >= 0.3 is 0 Å². The molecule has 84 valence electrons. The maximum absolute atomic E-state index is 9.86. The van der Waals surface area contributed by atoms with Crippen LogP contribution in [-0.4, -0.2) is 30.1 Å². The van der Waals surface area contributed by atoms with Gasteiger partial charge in [-0.3, -0.25) is 0 Å². The van der Waals surface area contributed by atoms with Gasteiger partial charge in [-0.25, -0.2) is 0 Å². The highest BCUT2D eigenvalue weighted by Gasteiger charge is 2.13. The van der Waals surface area contributed by atoms with Gasteiger partial charge in [0.05, 0.1) is 6.10 Å². The zero-order chi connectivity index (χ0) is 11.4. The van der Waals surface area contributed by atoms with E-state index in [0.717, 1.165) is 16.0 Å². The molecule has 0 spiro atoms. The Morgan fingerprint density at radius 3 is 2.67 bits per heavy atom. The predicted molar refractivity (Wildman–Crippen MR) is 63.5 cm³/mol. The Balaban J connectivity index is 3.09. The summed E-state index contributed by atoms with van der Waals surface area (Å²) in [6, 6.07) is 3.54. The van der Waals surface area contributed by atoms with E-state index in [2.05, 4.69) is 5.32 Å². The summed E-state index contributed by atoms with van der Waals surface area (Å²) in [5.74, 6) is 0.234. The van der Waals surface area contributed by atoms with E-state index in [0.29, 0.717) is 6.54 Å². The Morgan fingerprint density at radius 2 is 2.13 bits per heavy atom. The largest absolute Gasteiger partial charge is 0.508 e. The lowest BCUT2D eigenvalue weighted by Crippen LogP contribution is -2.17. The van der Waals surface area contributed by atoms with Gasteiger partial charge in [0.15, 0.2) is 0 Å². The fourth-order valence-corrected chi connectivity index (χ4v) is 2.15. The van der Waals surface area contributed by atoms with E-state index >= 15 is 0 Å². The SMILES string of the molecule is CNCC(O)c1cc(O)c(C)cc1SC. The summed E-state index contributed by atoms with van der Waals surface area (Å²) in [4.78, 5) is 1.01. The number of benzene rings is 1. The molecule has 0 heterocycles. The first-order valence-electron chi connectivity index (χ1n) is 4.80. The number of aromatic hydroxyl groups is 1. The molecule has 0 aliphatic rings. The van der Waals surface area contributed by atoms with Gasteiger partial charge in [0.2, 0.25) is 0 Å². The number of phenols is 1. The van der Waals surface area contributed by atoms with E-state index in [1.807, 2.05) is 19.2 Å². The molecule has 0 radical (unpaired) electrons. The molecule has 0 saturated heterocycles. The van der Waals surface area contributed by atoms with Crippen molar-refractivity contribution in [3.63, 3.8) is 0 Å². The number of rotatable bonds is 4. The summed E-state index contributed by atoms with van der Waals surface area (Å²) in [5.41, 5.74) is 1.61. The normalized spacial score (nSPS) is 12.8. The summed E-state index contributed by atoms with van der Waals surface area (Å²) in [6.45, 7) is 2.33. The first kappa shape index (κ1) is 12.4. The van der Waals surface area contributed by atoms with Gasteiger partial charge in [-0.2, -0.15) is 0 Å². The topological polar surface area (TPSA) is 52.5 Å². The van der Waals surface area contributed by atoms with E-state index in [9.17, 15) is 10.2 Å². The number of phenolic OH excluding ortho intramolecular Hbond substituents is 1. The summed E-state index contributed by atoms with van der Waals surface area (Å²) in [5, 5.41) is 22.4. The molecule has 0 aromatic heterocycles. The summed E-state index contributed by atoms with van der Waals surface area (Å²) >= 11 is 1.57. The molecule has 4 heteroatoms. The third kappa shape index (κ3) is 2.87. The molecular weight excluding hydrogens is 210 g/mol. The van der Waals surface area contributed by atoms with Crippen LogP contribution in [0.5, 0.6) is 5.75 Å². The molecule has 0 amide bonds. The summed E-state index contributed by atoms with van der Waals surface area (Å²) < 4.78 is 0. The third-order valence-corrected chi connectivity index (χ3v) is 3.10. The second kappa shape index (κ2) is 5.39. The molecule has 3 nitrogen and oxygen atoms in total. The number of likely N-dealkylation sites (N-methyl/N-ethyl adjacent to an activating group) is 1. The van der Waals surface area contributed by atoms with Crippen molar-refractivity contribution in [2.45, 2.75) is 17.9 Å². The molecule has 1 aromatic rings. The van der Waals surface area contributed by atoms with Gasteiger partial charge in [-0.05, 0) is 43.5 Å². The van der Waals surface area contributed by atoms with E-state index in [1.54, 1.807) is 24.9 Å². The molecule has 1 aromatic carbocycles. The summed E-state index contributed by atoms with van der Waals surface area (Å²) in [6.07, 6.45) is 1.38. The highest BCUT2D eigenvalue weighted by Crippen LogP contribution is 2.31. The molecule has 1 atom stereocenters. The Bertz CT molecular complexity index is 342. The molecular formula is C11H17NO2S. The minimum atomic E-state index is -0.580. The van der Waals surface area contributed by atoms with Gasteiger partial charge < -0.3 is 15.5 Å². The van der Waals surface area contributed by atoms with Gasteiger partial charge in [0, 0.05) is 11.4 Å². The van der Waals surface area contributed by atoms with Crippen molar-refractivity contribution in [2.75, 3.05) is 19.8 Å². The fourth-order valence-electron chi connectivity index (χ4n) is 1.43. The van der Waals surface area contributed by atoms with Crippen molar-refractivity contribution >= 4 is 11.8 Å². The number of aliphatic hydroxyl groups excluding tert-OH is 1. The van der Waals surface area contributed by atoms with Crippen molar-refractivity contribution in [2.24, 2.45) is 0 Å². The average Bonchev–Trinajstić information content (AvgIpc) is 2.21. The average molecular weight is 227 g/mol. The molecule has 0 saturated carbocycles. The number of aliphatic hydroxyl groups is 1. The smallest absolute Gasteiger partial charge is 0.118 e. The quantitative estimate of drug-likeness (QED) is 0.685. The number of hydrogen-bond acceptors (Lipinski definition) is 4. The molecule has 1 unspecified atom stereocenters. The Kier molecular flexibility index (Phi) is 4.45. The van der Waals surface area contributed by atoms with Gasteiger partial charge in [0.1, 0.15) is 5.75 Å². The minimum Gasteiger partial charge on any atom is -0.508 e. The number of aryl methyl sites for hydroxylation is 1. The van der Waals surface area contributed by atoms with Crippen molar-refractivity contribution in [3.05, 3.63) is 23.3 Å². The first-order chi connectivity index (χ1) is 7.10. The lowest BCUT2D eigenvalue weighted by atomic mass is 10.1. The molecule has 0 fully saturated rings. The third-order valence-electron chi connectivity index (χ3n) is 2.30. The van der Waals surface area contributed by atoms with Crippen LogP contribution in [-0.2, 0) is 0 Å². The fraction of sp³-hybridized carbons (Fsp3) is 0.455. The van der Waals surface area contributed by atoms with E-state index in [4.69, 9.17) is 0 Å². The van der Waals surface area contributed by atoms with E-state index in [-0.39, 0.29) is 5.75 Å². The van der Waals surface area contributed by atoms with Crippen molar-refractivity contribution in [1.82, 2.24) is 5.32 Å². The summed E-state index contributed by atoms with van der Waals surface area (Å²) in [7, 11) is 1.79. The van der Waals surface area contributed by atoms with Gasteiger partial charge in [0.25, 0.3) is 0 Å². The van der Waals surface area contributed by atoms with Crippen molar-refractivity contribution in [1.29, 1.82) is 0 Å². The first-order valence-corrected chi connectivity index (χ1v) is 6.02. The Morgan fingerprint density at radius 1 is 1.47 bits per heavy atom. The Labute approximate surface area is 94.5 Å². The monoisotopic (exact) mass is 227 g/mol. The van der Waals surface area contributed by atoms with E-state index < -0.39 is 6.10 Å². The lowest BCUT2D eigenvalue weighted by molar-refractivity contribution is 0.174.